The van der Waals surface area contributed by atoms with E-state index in [4.69, 9.17) is 5.73 Å². The largest absolute Gasteiger partial charge is 0.325 e. The molecule has 0 amide bonds. The third kappa shape index (κ3) is 2.19. The average Bonchev–Trinajstić information content (AvgIpc) is 2.93. The van der Waals surface area contributed by atoms with Crippen LogP contribution < -0.4 is 5.73 Å². The second-order valence-corrected chi connectivity index (χ2v) is 4.37. The maximum absolute atomic E-state index is 13.0. The van der Waals surface area contributed by atoms with Crippen molar-refractivity contribution in [1.82, 2.24) is 15.2 Å². The van der Waals surface area contributed by atoms with Crippen LogP contribution in [0.5, 0.6) is 0 Å². The van der Waals surface area contributed by atoms with Gasteiger partial charge in [-0.05, 0) is 42.0 Å². The lowest BCUT2D eigenvalue weighted by Crippen LogP contribution is -1.98. The fourth-order valence-corrected chi connectivity index (χ4v) is 2.17. The SMILES string of the molecule is NCc1[nH]nc(-c2ccc(F)cc2)c1-c1ccncc1. The van der Waals surface area contributed by atoms with E-state index >= 15 is 0 Å². The first-order valence-electron chi connectivity index (χ1n) is 6.23. The molecule has 0 spiro atoms. The molecule has 100 valence electrons. The monoisotopic (exact) mass is 268 g/mol. The van der Waals surface area contributed by atoms with E-state index in [1.807, 2.05) is 12.1 Å². The number of hydrogen-bond acceptors (Lipinski definition) is 3. The standard InChI is InChI=1S/C15H13FN4/c16-12-3-1-11(2-4-12)15-14(13(9-17)19-20-15)10-5-7-18-8-6-10/h1-8H,9,17H2,(H,19,20). The minimum absolute atomic E-state index is 0.270. The van der Waals surface area contributed by atoms with Gasteiger partial charge in [0.2, 0.25) is 0 Å². The van der Waals surface area contributed by atoms with Crippen LogP contribution in [0.2, 0.25) is 0 Å². The van der Waals surface area contributed by atoms with Gasteiger partial charge >= 0.3 is 0 Å². The molecule has 2 aromatic heterocycles. The maximum atomic E-state index is 13.0. The fourth-order valence-electron chi connectivity index (χ4n) is 2.17. The minimum Gasteiger partial charge on any atom is -0.325 e. The van der Waals surface area contributed by atoms with Gasteiger partial charge in [-0.2, -0.15) is 5.10 Å². The Kier molecular flexibility index (Phi) is 3.26. The van der Waals surface area contributed by atoms with Gasteiger partial charge in [-0.25, -0.2) is 4.39 Å². The molecular weight excluding hydrogens is 255 g/mol. The quantitative estimate of drug-likeness (QED) is 0.767. The van der Waals surface area contributed by atoms with Crippen LogP contribution in [0, 0.1) is 5.82 Å². The number of H-pyrrole nitrogens is 1. The Labute approximate surface area is 115 Å². The highest BCUT2D eigenvalue weighted by Gasteiger charge is 2.15. The number of pyridine rings is 1. The van der Waals surface area contributed by atoms with E-state index < -0.39 is 0 Å². The number of benzene rings is 1. The first kappa shape index (κ1) is 12.5. The molecule has 20 heavy (non-hydrogen) atoms. The summed E-state index contributed by atoms with van der Waals surface area (Å²) in [6.45, 7) is 0.353. The summed E-state index contributed by atoms with van der Waals surface area (Å²) in [7, 11) is 0. The zero-order chi connectivity index (χ0) is 13.9. The number of nitrogens with two attached hydrogens (primary N) is 1. The van der Waals surface area contributed by atoms with Crippen molar-refractivity contribution in [1.29, 1.82) is 0 Å². The van der Waals surface area contributed by atoms with Crippen molar-refractivity contribution >= 4 is 0 Å². The third-order valence-electron chi connectivity index (χ3n) is 3.13. The maximum Gasteiger partial charge on any atom is 0.123 e. The summed E-state index contributed by atoms with van der Waals surface area (Å²) in [6.07, 6.45) is 3.44. The number of aromatic nitrogens is 3. The van der Waals surface area contributed by atoms with Crippen molar-refractivity contribution in [2.75, 3.05) is 0 Å². The molecule has 3 N–H and O–H groups in total. The van der Waals surface area contributed by atoms with Crippen LogP contribution in [-0.4, -0.2) is 15.2 Å². The van der Waals surface area contributed by atoms with Gasteiger partial charge in [0, 0.05) is 30.1 Å². The highest BCUT2D eigenvalue weighted by molar-refractivity contribution is 5.82. The molecule has 1 aromatic carbocycles. The van der Waals surface area contributed by atoms with Crippen LogP contribution >= 0.6 is 0 Å². The molecule has 2 heterocycles. The zero-order valence-corrected chi connectivity index (χ0v) is 10.7. The summed E-state index contributed by atoms with van der Waals surface area (Å²) in [6, 6.07) is 10.0. The van der Waals surface area contributed by atoms with E-state index in [-0.39, 0.29) is 5.82 Å². The molecule has 0 aliphatic heterocycles. The summed E-state index contributed by atoms with van der Waals surface area (Å²) < 4.78 is 13.0. The Hall–Kier alpha value is -2.53. The fraction of sp³-hybridized carbons (Fsp3) is 0.0667. The average molecular weight is 268 g/mol. The predicted molar refractivity (Wildman–Crippen MR) is 75.1 cm³/mol. The molecular formula is C15H13FN4. The van der Waals surface area contributed by atoms with E-state index in [1.54, 1.807) is 24.5 Å². The van der Waals surface area contributed by atoms with Crippen LogP contribution in [0.4, 0.5) is 4.39 Å². The molecule has 0 atom stereocenters. The van der Waals surface area contributed by atoms with Crippen LogP contribution in [-0.2, 0) is 6.54 Å². The lowest BCUT2D eigenvalue weighted by atomic mass is 10.00. The molecule has 4 nitrogen and oxygen atoms in total. The number of aromatic amines is 1. The molecule has 3 rings (SSSR count). The molecule has 0 aliphatic rings. The summed E-state index contributed by atoms with van der Waals surface area (Å²) >= 11 is 0. The summed E-state index contributed by atoms with van der Waals surface area (Å²) in [5, 5.41) is 7.26. The number of hydrogen-bond donors (Lipinski definition) is 2. The van der Waals surface area contributed by atoms with Gasteiger partial charge in [0.1, 0.15) is 11.5 Å². The van der Waals surface area contributed by atoms with Crippen molar-refractivity contribution in [3.05, 3.63) is 60.3 Å². The van der Waals surface area contributed by atoms with Gasteiger partial charge in [-0.1, -0.05) is 0 Å². The molecule has 0 aliphatic carbocycles. The Balaban J connectivity index is 2.17. The molecule has 0 fully saturated rings. The second kappa shape index (κ2) is 5.22. The van der Waals surface area contributed by atoms with Gasteiger partial charge in [-0.3, -0.25) is 10.1 Å². The summed E-state index contributed by atoms with van der Waals surface area (Å²) in [4.78, 5) is 4.01. The highest BCUT2D eigenvalue weighted by atomic mass is 19.1. The molecule has 0 saturated carbocycles. The molecule has 0 saturated heterocycles. The van der Waals surface area contributed by atoms with Gasteiger partial charge in [0.15, 0.2) is 0 Å². The molecule has 3 aromatic rings. The van der Waals surface area contributed by atoms with Crippen molar-refractivity contribution in [2.45, 2.75) is 6.54 Å². The Morgan fingerprint density at radius 2 is 1.70 bits per heavy atom. The van der Waals surface area contributed by atoms with Crippen LogP contribution in [0.15, 0.2) is 48.8 Å². The van der Waals surface area contributed by atoms with Crippen molar-refractivity contribution in [3.63, 3.8) is 0 Å². The van der Waals surface area contributed by atoms with Crippen molar-refractivity contribution in [3.8, 4) is 22.4 Å². The van der Waals surface area contributed by atoms with Gasteiger partial charge in [-0.15, -0.1) is 0 Å². The van der Waals surface area contributed by atoms with E-state index in [9.17, 15) is 4.39 Å². The van der Waals surface area contributed by atoms with Gasteiger partial charge in [0.25, 0.3) is 0 Å². The Morgan fingerprint density at radius 1 is 1.00 bits per heavy atom. The smallest absolute Gasteiger partial charge is 0.123 e. The molecule has 0 radical (unpaired) electrons. The van der Waals surface area contributed by atoms with E-state index in [0.29, 0.717) is 6.54 Å². The topological polar surface area (TPSA) is 67.6 Å². The Morgan fingerprint density at radius 3 is 2.35 bits per heavy atom. The summed E-state index contributed by atoms with van der Waals surface area (Å²) in [5.41, 5.74) is 10.1. The van der Waals surface area contributed by atoms with E-state index in [1.165, 1.54) is 12.1 Å². The molecule has 0 bridgehead atoms. The van der Waals surface area contributed by atoms with Crippen LogP contribution in [0.1, 0.15) is 5.69 Å². The number of halogens is 1. The second-order valence-electron chi connectivity index (χ2n) is 4.37. The molecule has 5 heteroatoms. The summed E-state index contributed by atoms with van der Waals surface area (Å²) in [5.74, 6) is -0.270. The first-order valence-corrected chi connectivity index (χ1v) is 6.23. The predicted octanol–water partition coefficient (Wildman–Crippen LogP) is 2.74. The number of nitrogens with zero attached hydrogens (tertiary/aromatic N) is 2. The van der Waals surface area contributed by atoms with Crippen molar-refractivity contribution in [2.24, 2.45) is 5.73 Å². The van der Waals surface area contributed by atoms with Gasteiger partial charge < -0.3 is 5.73 Å². The lowest BCUT2D eigenvalue weighted by Gasteiger charge is -2.05. The van der Waals surface area contributed by atoms with Gasteiger partial charge in [0.05, 0.1) is 5.69 Å². The number of nitrogens with one attached hydrogen (secondary N) is 1. The normalized spacial score (nSPS) is 10.7. The first-order chi connectivity index (χ1) is 9.79. The van der Waals surface area contributed by atoms with E-state index in [2.05, 4.69) is 15.2 Å². The highest BCUT2D eigenvalue weighted by Crippen LogP contribution is 2.32. The molecule has 0 unspecified atom stereocenters. The van der Waals surface area contributed by atoms with E-state index in [0.717, 1.165) is 28.1 Å². The van der Waals surface area contributed by atoms with Crippen LogP contribution in [0.3, 0.4) is 0 Å². The minimum atomic E-state index is -0.270. The lowest BCUT2D eigenvalue weighted by molar-refractivity contribution is 0.628. The third-order valence-corrected chi connectivity index (χ3v) is 3.13. The van der Waals surface area contributed by atoms with Crippen LogP contribution in [0.25, 0.3) is 22.4 Å². The van der Waals surface area contributed by atoms with Crippen molar-refractivity contribution < 1.29 is 4.39 Å². The Bertz CT molecular complexity index is 704. The number of rotatable bonds is 3. The zero-order valence-electron chi connectivity index (χ0n) is 10.7.